The summed E-state index contributed by atoms with van der Waals surface area (Å²) in [5, 5.41) is 12.7. The highest BCUT2D eigenvalue weighted by Gasteiger charge is 2.22. The summed E-state index contributed by atoms with van der Waals surface area (Å²) < 4.78 is 33.0. The van der Waals surface area contributed by atoms with Crippen LogP contribution in [0.1, 0.15) is 41.7 Å². The average Bonchev–Trinajstić information content (AvgIpc) is 3.21. The van der Waals surface area contributed by atoms with Crippen molar-refractivity contribution in [2.45, 2.75) is 36.8 Å². The number of rotatable bonds is 8. The molecule has 1 heterocycles. The summed E-state index contributed by atoms with van der Waals surface area (Å²) in [6, 6.07) is 13.5. The van der Waals surface area contributed by atoms with Crippen LogP contribution in [0.3, 0.4) is 0 Å². The number of carboxylic acids is 1. The van der Waals surface area contributed by atoms with E-state index in [4.69, 9.17) is 4.74 Å². The van der Waals surface area contributed by atoms with Gasteiger partial charge >= 0.3 is 5.97 Å². The van der Waals surface area contributed by atoms with Crippen molar-refractivity contribution in [2.24, 2.45) is 0 Å². The number of anilines is 1. The Morgan fingerprint density at radius 2 is 2.00 bits per heavy atom. The van der Waals surface area contributed by atoms with Crippen LogP contribution in [0.15, 0.2) is 53.4 Å². The molecule has 0 aromatic heterocycles. The lowest BCUT2D eigenvalue weighted by atomic mass is 10.1. The predicted octanol–water partition coefficient (Wildman–Crippen LogP) is 3.02. The number of benzene rings is 2. The third-order valence-electron chi connectivity index (χ3n) is 4.73. The van der Waals surface area contributed by atoms with Crippen molar-refractivity contribution < 1.29 is 23.1 Å². The normalized spacial score (nSPS) is 18.0. The molecule has 28 heavy (non-hydrogen) atoms. The highest BCUT2D eigenvalue weighted by Crippen LogP contribution is 2.25. The third-order valence-corrected chi connectivity index (χ3v) is 6.15. The molecule has 1 aliphatic heterocycles. The lowest BCUT2D eigenvalue weighted by Gasteiger charge is -2.18. The third kappa shape index (κ3) is 4.89. The Kier molecular flexibility index (Phi) is 6.33. The van der Waals surface area contributed by atoms with Crippen LogP contribution in [-0.2, 0) is 14.8 Å². The van der Waals surface area contributed by atoms with E-state index in [0.717, 1.165) is 18.4 Å². The zero-order chi connectivity index (χ0) is 20.1. The van der Waals surface area contributed by atoms with Gasteiger partial charge in [-0.2, -0.15) is 0 Å². The molecule has 1 fully saturated rings. The van der Waals surface area contributed by atoms with Crippen molar-refractivity contribution >= 4 is 21.7 Å². The average molecular weight is 404 g/mol. The van der Waals surface area contributed by atoms with Crippen molar-refractivity contribution in [2.75, 3.05) is 18.5 Å². The fourth-order valence-electron chi connectivity index (χ4n) is 3.14. The van der Waals surface area contributed by atoms with Crippen LogP contribution in [-0.4, -0.2) is 38.7 Å². The van der Waals surface area contributed by atoms with Crippen LogP contribution in [0, 0.1) is 0 Å². The van der Waals surface area contributed by atoms with Crippen molar-refractivity contribution in [1.82, 2.24) is 4.72 Å². The molecule has 3 rings (SSSR count). The number of nitrogens with one attached hydrogen (secondary N) is 2. The summed E-state index contributed by atoms with van der Waals surface area (Å²) in [7, 11) is -3.82. The van der Waals surface area contributed by atoms with Gasteiger partial charge in [0, 0.05) is 24.9 Å². The minimum atomic E-state index is -3.82. The summed E-state index contributed by atoms with van der Waals surface area (Å²) >= 11 is 0. The van der Waals surface area contributed by atoms with E-state index in [1.807, 2.05) is 37.3 Å². The Balaban J connectivity index is 1.79. The molecule has 0 saturated carbocycles. The van der Waals surface area contributed by atoms with Gasteiger partial charge < -0.3 is 15.2 Å². The number of hydrogen-bond donors (Lipinski definition) is 3. The Labute approximate surface area is 164 Å². The lowest BCUT2D eigenvalue weighted by molar-refractivity contribution is 0.0697. The minimum Gasteiger partial charge on any atom is -0.478 e. The molecular formula is C20H24N2O5S. The predicted molar refractivity (Wildman–Crippen MR) is 106 cm³/mol. The van der Waals surface area contributed by atoms with Gasteiger partial charge in [-0.15, -0.1) is 0 Å². The Bertz CT molecular complexity index is 925. The van der Waals surface area contributed by atoms with Crippen molar-refractivity contribution in [3.63, 3.8) is 0 Å². The van der Waals surface area contributed by atoms with Crippen LogP contribution in [0.25, 0.3) is 0 Å². The maximum atomic E-state index is 12.5. The van der Waals surface area contributed by atoms with E-state index in [1.54, 1.807) is 0 Å². The molecule has 0 aliphatic carbocycles. The second-order valence-corrected chi connectivity index (χ2v) is 8.54. The second-order valence-electron chi connectivity index (χ2n) is 6.78. The van der Waals surface area contributed by atoms with Crippen LogP contribution >= 0.6 is 0 Å². The summed E-state index contributed by atoms with van der Waals surface area (Å²) in [4.78, 5) is 11.6. The molecule has 0 unspecified atom stereocenters. The van der Waals surface area contributed by atoms with Gasteiger partial charge in [-0.05, 0) is 43.5 Å². The molecule has 8 heteroatoms. The van der Waals surface area contributed by atoms with Crippen LogP contribution in [0.2, 0.25) is 0 Å². The molecule has 1 aliphatic rings. The first-order chi connectivity index (χ1) is 13.4. The standard InChI is InChI=1S/C20H24N2O5S/c1-14(15-6-3-2-4-7-15)22-19-10-9-17(12-18(19)20(23)24)28(25,26)21-13-16-8-5-11-27-16/h2-4,6-7,9-10,12,14,16,21-22H,5,8,11,13H2,1H3,(H,23,24)/t14-,16-/m0/s1. The molecule has 150 valence electrons. The van der Waals surface area contributed by atoms with Gasteiger partial charge in [0.15, 0.2) is 0 Å². The molecule has 7 nitrogen and oxygen atoms in total. The number of aromatic carboxylic acids is 1. The van der Waals surface area contributed by atoms with Crippen LogP contribution in [0.4, 0.5) is 5.69 Å². The largest absolute Gasteiger partial charge is 0.478 e. The van der Waals surface area contributed by atoms with E-state index in [9.17, 15) is 18.3 Å². The van der Waals surface area contributed by atoms with Gasteiger partial charge in [-0.1, -0.05) is 30.3 Å². The van der Waals surface area contributed by atoms with E-state index < -0.39 is 16.0 Å². The molecule has 2 aromatic rings. The second kappa shape index (κ2) is 8.72. The molecule has 0 amide bonds. The number of carboxylic acid groups (broad SMARTS) is 1. The summed E-state index contributed by atoms with van der Waals surface area (Å²) in [6.07, 6.45) is 1.58. The monoisotopic (exact) mass is 404 g/mol. The van der Waals surface area contributed by atoms with Gasteiger partial charge in [-0.3, -0.25) is 0 Å². The molecule has 3 N–H and O–H groups in total. The lowest BCUT2D eigenvalue weighted by Crippen LogP contribution is -2.32. The molecular weight excluding hydrogens is 380 g/mol. The van der Waals surface area contributed by atoms with Crippen molar-refractivity contribution in [3.8, 4) is 0 Å². The van der Waals surface area contributed by atoms with Gasteiger partial charge in [0.2, 0.25) is 10.0 Å². The summed E-state index contributed by atoms with van der Waals surface area (Å²) in [5.74, 6) is -1.20. The topological polar surface area (TPSA) is 105 Å². The Hall–Kier alpha value is -2.42. The zero-order valence-corrected chi connectivity index (χ0v) is 16.4. The van der Waals surface area contributed by atoms with E-state index in [1.165, 1.54) is 18.2 Å². The fraction of sp³-hybridized carbons (Fsp3) is 0.350. The van der Waals surface area contributed by atoms with E-state index in [0.29, 0.717) is 12.3 Å². The SMILES string of the molecule is C[C@H](Nc1ccc(S(=O)(=O)NC[C@@H]2CCCO2)cc1C(=O)O)c1ccccc1. The zero-order valence-electron chi connectivity index (χ0n) is 15.6. The number of ether oxygens (including phenoxy) is 1. The molecule has 2 atom stereocenters. The Morgan fingerprint density at radius 1 is 1.25 bits per heavy atom. The molecule has 2 aromatic carbocycles. The van der Waals surface area contributed by atoms with Crippen molar-refractivity contribution in [3.05, 3.63) is 59.7 Å². The minimum absolute atomic E-state index is 0.0826. The number of hydrogen-bond acceptors (Lipinski definition) is 5. The first-order valence-corrected chi connectivity index (χ1v) is 10.7. The van der Waals surface area contributed by atoms with Crippen LogP contribution in [0.5, 0.6) is 0 Å². The first-order valence-electron chi connectivity index (χ1n) is 9.17. The van der Waals surface area contributed by atoms with Gasteiger partial charge in [-0.25, -0.2) is 17.9 Å². The smallest absolute Gasteiger partial charge is 0.337 e. The molecule has 0 spiro atoms. The number of carbonyl (C=O) groups is 1. The van der Waals surface area contributed by atoms with E-state index in [-0.39, 0.29) is 29.1 Å². The number of sulfonamides is 1. The van der Waals surface area contributed by atoms with Crippen LogP contribution < -0.4 is 10.0 Å². The van der Waals surface area contributed by atoms with Gasteiger partial charge in [0.1, 0.15) is 0 Å². The highest BCUT2D eigenvalue weighted by atomic mass is 32.2. The van der Waals surface area contributed by atoms with E-state index >= 15 is 0 Å². The quantitative estimate of drug-likeness (QED) is 0.625. The van der Waals surface area contributed by atoms with Crippen molar-refractivity contribution in [1.29, 1.82) is 0 Å². The molecule has 0 radical (unpaired) electrons. The van der Waals surface area contributed by atoms with E-state index in [2.05, 4.69) is 10.0 Å². The Morgan fingerprint density at radius 3 is 2.64 bits per heavy atom. The summed E-state index contributed by atoms with van der Waals surface area (Å²) in [6.45, 7) is 2.72. The summed E-state index contributed by atoms with van der Waals surface area (Å²) in [5.41, 5.74) is 1.26. The van der Waals surface area contributed by atoms with Gasteiger partial charge in [0.05, 0.1) is 16.6 Å². The van der Waals surface area contributed by atoms with Gasteiger partial charge in [0.25, 0.3) is 0 Å². The fourth-order valence-corrected chi connectivity index (χ4v) is 4.24. The maximum absolute atomic E-state index is 12.5. The molecule has 0 bridgehead atoms. The molecule has 1 saturated heterocycles. The highest BCUT2D eigenvalue weighted by molar-refractivity contribution is 7.89. The first kappa shape index (κ1) is 20.3. The maximum Gasteiger partial charge on any atom is 0.337 e.